The quantitative estimate of drug-likeness (QED) is 0.629. The maximum absolute atomic E-state index is 10.0. The van der Waals surface area contributed by atoms with E-state index in [4.69, 9.17) is 4.42 Å². The molecule has 2 heterocycles. The summed E-state index contributed by atoms with van der Waals surface area (Å²) in [4.78, 5) is 0. The molecule has 0 aliphatic rings. The van der Waals surface area contributed by atoms with Crippen LogP contribution in [0.2, 0.25) is 0 Å². The molecule has 3 nitrogen and oxygen atoms in total. The highest BCUT2D eigenvalue weighted by atomic mass is 16.4. The normalized spacial score (nSPS) is 10.8. The molecule has 0 atom stereocenters. The van der Waals surface area contributed by atoms with Crippen LogP contribution in [0.5, 0.6) is 5.88 Å². The van der Waals surface area contributed by atoms with Crippen LogP contribution in [0.3, 0.4) is 0 Å². The molecule has 0 spiro atoms. The van der Waals surface area contributed by atoms with Gasteiger partial charge in [-0.1, -0.05) is 34.7 Å². The van der Waals surface area contributed by atoms with Crippen molar-refractivity contribution in [1.29, 1.82) is 0 Å². The van der Waals surface area contributed by atoms with Gasteiger partial charge in [-0.3, -0.25) is 0 Å². The zero-order chi connectivity index (χ0) is 11.0. The number of pyridine rings is 1. The van der Waals surface area contributed by atoms with Crippen LogP contribution in [0.4, 0.5) is 0 Å². The van der Waals surface area contributed by atoms with Crippen LogP contribution in [-0.2, 0) is 0 Å². The molecule has 1 aromatic carbocycles. The smallest absolute Gasteiger partial charge is 0.419 e. The van der Waals surface area contributed by atoms with Gasteiger partial charge in [-0.25, -0.2) is 0 Å². The molecule has 0 aliphatic carbocycles. The number of hydrogen-bond acceptors (Lipinski definition) is 2. The first-order valence-electron chi connectivity index (χ1n) is 5.04. The predicted molar refractivity (Wildman–Crippen MR) is 59.0 cm³/mol. The highest BCUT2D eigenvalue weighted by molar-refractivity contribution is 5.62. The summed E-state index contributed by atoms with van der Waals surface area (Å²) in [6, 6.07) is 15.1. The molecule has 0 unspecified atom stereocenters. The van der Waals surface area contributed by atoms with E-state index in [-0.39, 0.29) is 5.88 Å². The Kier molecular flexibility index (Phi) is 1.90. The Morgan fingerprint density at radius 2 is 1.69 bits per heavy atom. The van der Waals surface area contributed by atoms with E-state index in [0.717, 1.165) is 5.56 Å². The van der Waals surface area contributed by atoms with Crippen LogP contribution in [0.15, 0.2) is 59.1 Å². The van der Waals surface area contributed by atoms with Crippen molar-refractivity contribution in [2.75, 3.05) is 0 Å². The number of oxazole rings is 1. The van der Waals surface area contributed by atoms with Crippen LogP contribution in [-0.4, -0.2) is 5.11 Å². The first kappa shape index (κ1) is 8.97. The van der Waals surface area contributed by atoms with Crippen molar-refractivity contribution in [3.05, 3.63) is 54.7 Å². The van der Waals surface area contributed by atoms with Gasteiger partial charge in [-0.2, -0.15) is 0 Å². The Morgan fingerprint density at radius 1 is 0.938 bits per heavy atom. The van der Waals surface area contributed by atoms with Crippen molar-refractivity contribution in [2.45, 2.75) is 0 Å². The second kappa shape index (κ2) is 3.38. The minimum Gasteiger partial charge on any atom is -0.457 e. The molecule has 3 rings (SSSR count). The maximum Gasteiger partial charge on any atom is 0.419 e. The molecule has 0 amide bonds. The summed E-state index contributed by atoms with van der Waals surface area (Å²) in [6.45, 7) is 0. The fourth-order valence-electron chi connectivity index (χ4n) is 1.72. The summed E-state index contributed by atoms with van der Waals surface area (Å²) in [5.41, 5.74) is 1.49. The molecule has 0 saturated carbocycles. The molecule has 0 saturated heterocycles. The molecule has 78 valence electrons. The minimum atomic E-state index is 0.127. The molecule has 0 fully saturated rings. The van der Waals surface area contributed by atoms with E-state index in [1.807, 2.05) is 48.5 Å². The van der Waals surface area contributed by atoms with Gasteiger partial charge in [0.25, 0.3) is 5.76 Å². The van der Waals surface area contributed by atoms with Gasteiger partial charge >= 0.3 is 11.6 Å². The summed E-state index contributed by atoms with van der Waals surface area (Å²) in [5, 5.41) is 10.0. The highest BCUT2D eigenvalue weighted by Crippen LogP contribution is 2.28. The van der Waals surface area contributed by atoms with E-state index in [9.17, 15) is 5.11 Å². The Bertz CT molecular complexity index is 629. The van der Waals surface area contributed by atoms with Gasteiger partial charge in [0.2, 0.25) is 0 Å². The fourth-order valence-corrected chi connectivity index (χ4v) is 1.72. The van der Waals surface area contributed by atoms with Crippen LogP contribution in [0.25, 0.3) is 17.0 Å². The van der Waals surface area contributed by atoms with E-state index < -0.39 is 0 Å². The first-order chi connectivity index (χ1) is 7.86. The first-order valence-corrected chi connectivity index (χ1v) is 5.04. The minimum absolute atomic E-state index is 0.127. The van der Waals surface area contributed by atoms with Crippen molar-refractivity contribution in [3.63, 3.8) is 0 Å². The second-order valence-electron chi connectivity index (χ2n) is 3.53. The van der Waals surface area contributed by atoms with E-state index in [2.05, 4.69) is 0 Å². The Hall–Kier alpha value is -2.29. The fraction of sp³-hybridized carbons (Fsp3) is 0. The lowest BCUT2D eigenvalue weighted by atomic mass is 10.2. The van der Waals surface area contributed by atoms with Gasteiger partial charge in [-0.05, 0) is 6.07 Å². The number of rotatable bonds is 1. The van der Waals surface area contributed by atoms with Crippen molar-refractivity contribution in [3.8, 4) is 17.2 Å². The van der Waals surface area contributed by atoms with Crippen LogP contribution in [0.1, 0.15) is 0 Å². The Labute approximate surface area is 92.2 Å². The number of aromatic nitrogens is 1. The lowest BCUT2D eigenvalue weighted by Crippen LogP contribution is -2.16. The van der Waals surface area contributed by atoms with Crippen molar-refractivity contribution in [2.24, 2.45) is 0 Å². The molecule has 0 bridgehead atoms. The standard InChI is InChI=1S/C13H9NO2/c15-13-12(10-6-2-1-3-7-10)16-11-8-4-5-9-14(11)13/h1-9H/p+1. The predicted octanol–water partition coefficient (Wildman–Crippen LogP) is 2.39. The monoisotopic (exact) mass is 212 g/mol. The van der Waals surface area contributed by atoms with Gasteiger partial charge in [0, 0.05) is 11.6 Å². The van der Waals surface area contributed by atoms with E-state index in [1.165, 1.54) is 0 Å². The van der Waals surface area contributed by atoms with Gasteiger partial charge in [0.1, 0.15) is 0 Å². The zero-order valence-corrected chi connectivity index (χ0v) is 8.50. The van der Waals surface area contributed by atoms with E-state index >= 15 is 0 Å². The van der Waals surface area contributed by atoms with Crippen molar-refractivity contribution in [1.82, 2.24) is 0 Å². The number of nitrogens with zero attached hydrogens (tertiary/aromatic N) is 1. The molecule has 0 aliphatic heterocycles. The van der Waals surface area contributed by atoms with E-state index in [1.54, 1.807) is 10.6 Å². The number of aromatic hydroxyl groups is 1. The van der Waals surface area contributed by atoms with Gasteiger partial charge in [0.05, 0.1) is 6.07 Å². The van der Waals surface area contributed by atoms with Gasteiger partial charge in [0.15, 0.2) is 6.20 Å². The zero-order valence-electron chi connectivity index (χ0n) is 8.50. The van der Waals surface area contributed by atoms with Crippen LogP contribution < -0.4 is 4.40 Å². The average Bonchev–Trinajstić information content (AvgIpc) is 2.69. The summed E-state index contributed by atoms with van der Waals surface area (Å²) in [5.74, 6) is 0.619. The third-order valence-corrected chi connectivity index (χ3v) is 2.50. The Morgan fingerprint density at radius 3 is 2.44 bits per heavy atom. The van der Waals surface area contributed by atoms with Crippen molar-refractivity contribution < 1.29 is 13.9 Å². The molecule has 3 heteroatoms. The summed E-state index contributed by atoms with van der Waals surface area (Å²) in [7, 11) is 0. The lowest BCUT2D eigenvalue weighted by molar-refractivity contribution is -0.523. The number of fused-ring (bicyclic) bond motifs is 1. The highest BCUT2D eigenvalue weighted by Gasteiger charge is 2.22. The SMILES string of the molecule is Oc1c(-c2ccccc2)oc2cccc[n+]12. The number of hydrogen-bond donors (Lipinski definition) is 1. The van der Waals surface area contributed by atoms with Crippen LogP contribution >= 0.6 is 0 Å². The van der Waals surface area contributed by atoms with Crippen molar-refractivity contribution >= 4 is 5.71 Å². The largest absolute Gasteiger partial charge is 0.457 e. The van der Waals surface area contributed by atoms with Gasteiger partial charge < -0.3 is 9.52 Å². The van der Waals surface area contributed by atoms with Crippen LogP contribution in [0, 0.1) is 0 Å². The Balaban J connectivity index is 2.29. The third kappa shape index (κ3) is 1.26. The average molecular weight is 212 g/mol. The molecule has 16 heavy (non-hydrogen) atoms. The summed E-state index contributed by atoms with van der Waals surface area (Å²) >= 11 is 0. The third-order valence-electron chi connectivity index (χ3n) is 2.50. The molecule has 2 aromatic heterocycles. The molecular weight excluding hydrogens is 202 g/mol. The maximum atomic E-state index is 10.0. The second-order valence-corrected chi connectivity index (χ2v) is 3.53. The molecular formula is C13H10NO2+. The summed E-state index contributed by atoms with van der Waals surface area (Å²) in [6.07, 6.45) is 1.76. The molecule has 1 N–H and O–H groups in total. The number of benzene rings is 1. The topological polar surface area (TPSA) is 37.5 Å². The van der Waals surface area contributed by atoms with Gasteiger partial charge in [-0.15, -0.1) is 0 Å². The molecule has 3 aromatic rings. The lowest BCUT2D eigenvalue weighted by Gasteiger charge is -1.91. The summed E-state index contributed by atoms with van der Waals surface area (Å²) < 4.78 is 7.21. The molecule has 0 radical (unpaired) electrons. The van der Waals surface area contributed by atoms with E-state index in [0.29, 0.717) is 11.5 Å².